The molecule has 0 fully saturated rings. The van der Waals surface area contributed by atoms with E-state index >= 15 is 0 Å². The molecular formula is C11H11FN2O3. The van der Waals surface area contributed by atoms with Gasteiger partial charge in [0.25, 0.3) is 0 Å². The van der Waals surface area contributed by atoms with Crippen LogP contribution in [0, 0.1) is 5.82 Å². The average molecular weight is 238 g/mol. The van der Waals surface area contributed by atoms with E-state index in [0.717, 1.165) is 0 Å². The van der Waals surface area contributed by atoms with Gasteiger partial charge in [-0.25, -0.2) is 9.18 Å². The molecule has 2 rings (SSSR count). The highest BCUT2D eigenvalue weighted by atomic mass is 19.1. The molecule has 0 saturated carbocycles. The third kappa shape index (κ3) is 2.00. The Kier molecular flexibility index (Phi) is 3.08. The van der Waals surface area contributed by atoms with Gasteiger partial charge in [0.05, 0.1) is 7.11 Å². The number of hydrogen-bond acceptors (Lipinski definition) is 4. The van der Waals surface area contributed by atoms with Crippen LogP contribution in [0.2, 0.25) is 0 Å². The molecule has 1 atom stereocenters. The minimum atomic E-state index is -1.05. The first-order valence-electron chi connectivity index (χ1n) is 4.91. The quantitative estimate of drug-likeness (QED) is 0.559. The van der Waals surface area contributed by atoms with Crippen molar-refractivity contribution >= 4 is 16.9 Å². The predicted octanol–water partition coefficient (Wildman–Crippen LogP) is 1.50. The summed E-state index contributed by atoms with van der Waals surface area (Å²) in [5, 5.41) is 9.49. The molecule has 90 valence electrons. The molecule has 17 heavy (non-hydrogen) atoms. The van der Waals surface area contributed by atoms with E-state index in [0.29, 0.717) is 16.5 Å². The summed E-state index contributed by atoms with van der Waals surface area (Å²) in [6, 6.07) is 3.10. The van der Waals surface area contributed by atoms with Crippen molar-refractivity contribution in [1.82, 2.24) is 10.5 Å². The Morgan fingerprint density at radius 1 is 1.59 bits per heavy atom. The SMILES string of the molecule is COC(=O)[C@H](NO)c1c[nH]c2ccc(F)cc12. The highest BCUT2D eigenvalue weighted by Crippen LogP contribution is 2.25. The summed E-state index contributed by atoms with van der Waals surface area (Å²) >= 11 is 0. The molecule has 0 bridgehead atoms. The van der Waals surface area contributed by atoms with Crippen LogP contribution in [0.1, 0.15) is 11.6 Å². The van der Waals surface area contributed by atoms with Crippen LogP contribution in [-0.4, -0.2) is 23.3 Å². The Balaban J connectivity index is 2.53. The Morgan fingerprint density at radius 2 is 2.35 bits per heavy atom. The number of fused-ring (bicyclic) bond motifs is 1. The summed E-state index contributed by atoms with van der Waals surface area (Å²) in [7, 11) is 1.21. The number of carbonyl (C=O) groups excluding carboxylic acids is 1. The summed E-state index contributed by atoms with van der Waals surface area (Å²) in [6.45, 7) is 0. The fourth-order valence-corrected chi connectivity index (χ4v) is 1.72. The summed E-state index contributed by atoms with van der Waals surface area (Å²) < 4.78 is 17.7. The van der Waals surface area contributed by atoms with Gasteiger partial charge in [0.1, 0.15) is 5.82 Å². The zero-order chi connectivity index (χ0) is 12.4. The number of carbonyl (C=O) groups is 1. The fourth-order valence-electron chi connectivity index (χ4n) is 1.72. The van der Waals surface area contributed by atoms with Crippen LogP contribution in [0.15, 0.2) is 24.4 Å². The van der Waals surface area contributed by atoms with Crippen molar-refractivity contribution in [2.24, 2.45) is 0 Å². The van der Waals surface area contributed by atoms with Crippen LogP contribution in [0.3, 0.4) is 0 Å². The van der Waals surface area contributed by atoms with Gasteiger partial charge in [-0.1, -0.05) is 0 Å². The number of aromatic nitrogens is 1. The number of halogens is 1. The molecule has 6 heteroatoms. The lowest BCUT2D eigenvalue weighted by atomic mass is 10.1. The number of methoxy groups -OCH3 is 1. The highest BCUT2D eigenvalue weighted by Gasteiger charge is 2.23. The molecule has 0 aliphatic carbocycles. The van der Waals surface area contributed by atoms with Gasteiger partial charge >= 0.3 is 5.97 Å². The molecular weight excluding hydrogens is 227 g/mol. The molecule has 1 heterocycles. The number of nitrogens with one attached hydrogen (secondary N) is 2. The molecule has 0 saturated heterocycles. The van der Waals surface area contributed by atoms with Crippen LogP contribution in [0.25, 0.3) is 10.9 Å². The Labute approximate surface area is 96.2 Å². The van der Waals surface area contributed by atoms with Crippen LogP contribution in [0.4, 0.5) is 4.39 Å². The smallest absolute Gasteiger partial charge is 0.329 e. The fraction of sp³-hybridized carbons (Fsp3) is 0.182. The summed E-state index contributed by atoms with van der Waals surface area (Å²) in [4.78, 5) is 14.3. The van der Waals surface area contributed by atoms with E-state index in [1.54, 1.807) is 6.07 Å². The lowest BCUT2D eigenvalue weighted by Crippen LogP contribution is -2.26. The number of rotatable bonds is 3. The normalized spacial score (nSPS) is 12.6. The van der Waals surface area contributed by atoms with Crippen molar-refractivity contribution in [3.8, 4) is 0 Å². The standard InChI is InChI=1S/C11H11FN2O3/c1-17-11(15)10(14-16)8-5-13-9-3-2-6(12)4-7(8)9/h2-5,10,13-14,16H,1H3/t10-/m1/s1. The molecule has 3 N–H and O–H groups in total. The van der Waals surface area contributed by atoms with Gasteiger partial charge in [-0.15, -0.1) is 0 Å². The van der Waals surface area contributed by atoms with Crippen molar-refractivity contribution in [2.45, 2.75) is 6.04 Å². The second-order valence-electron chi connectivity index (χ2n) is 3.52. The lowest BCUT2D eigenvalue weighted by Gasteiger charge is -2.11. The molecule has 1 aromatic heterocycles. The predicted molar refractivity (Wildman–Crippen MR) is 57.9 cm³/mol. The van der Waals surface area contributed by atoms with Crippen LogP contribution in [0.5, 0.6) is 0 Å². The van der Waals surface area contributed by atoms with Crippen LogP contribution >= 0.6 is 0 Å². The molecule has 0 aliphatic rings. The van der Waals surface area contributed by atoms with Crippen molar-refractivity contribution < 1.29 is 19.1 Å². The Morgan fingerprint density at radius 3 is 3.00 bits per heavy atom. The number of esters is 1. The van der Waals surface area contributed by atoms with E-state index < -0.39 is 17.8 Å². The maximum Gasteiger partial charge on any atom is 0.329 e. The molecule has 0 radical (unpaired) electrons. The average Bonchev–Trinajstić information content (AvgIpc) is 2.73. The maximum absolute atomic E-state index is 13.1. The van der Waals surface area contributed by atoms with E-state index in [2.05, 4.69) is 9.72 Å². The molecule has 5 nitrogen and oxygen atoms in total. The van der Waals surface area contributed by atoms with Crippen LogP contribution in [-0.2, 0) is 9.53 Å². The van der Waals surface area contributed by atoms with E-state index in [4.69, 9.17) is 5.21 Å². The van der Waals surface area contributed by atoms with Gasteiger partial charge in [-0.2, -0.15) is 5.48 Å². The van der Waals surface area contributed by atoms with E-state index in [1.807, 2.05) is 5.48 Å². The lowest BCUT2D eigenvalue weighted by molar-refractivity contribution is -0.146. The van der Waals surface area contributed by atoms with Gasteiger partial charge in [-0.3, -0.25) is 0 Å². The topological polar surface area (TPSA) is 74.3 Å². The minimum Gasteiger partial charge on any atom is -0.468 e. The third-order valence-electron chi connectivity index (χ3n) is 2.55. The van der Waals surface area contributed by atoms with E-state index in [-0.39, 0.29) is 0 Å². The highest BCUT2D eigenvalue weighted by molar-refractivity contribution is 5.89. The Bertz CT molecular complexity index is 553. The second kappa shape index (κ2) is 4.52. The first-order chi connectivity index (χ1) is 8.17. The number of hydrogen-bond donors (Lipinski definition) is 3. The molecule has 0 spiro atoms. The first kappa shape index (κ1) is 11.6. The van der Waals surface area contributed by atoms with Crippen LogP contribution < -0.4 is 5.48 Å². The first-order valence-corrected chi connectivity index (χ1v) is 4.91. The van der Waals surface area contributed by atoms with E-state index in [1.165, 1.54) is 25.4 Å². The van der Waals surface area contributed by atoms with Gasteiger partial charge in [0, 0.05) is 22.7 Å². The number of ether oxygens (including phenoxy) is 1. The minimum absolute atomic E-state index is 0.417. The zero-order valence-corrected chi connectivity index (χ0v) is 9.03. The van der Waals surface area contributed by atoms with Gasteiger partial charge in [-0.05, 0) is 18.2 Å². The van der Waals surface area contributed by atoms with E-state index in [9.17, 15) is 9.18 Å². The zero-order valence-electron chi connectivity index (χ0n) is 9.03. The van der Waals surface area contributed by atoms with Crippen molar-refractivity contribution in [3.05, 3.63) is 35.8 Å². The molecule has 0 aliphatic heterocycles. The molecule has 0 unspecified atom stereocenters. The monoisotopic (exact) mass is 238 g/mol. The van der Waals surface area contributed by atoms with Crippen molar-refractivity contribution in [3.63, 3.8) is 0 Å². The van der Waals surface area contributed by atoms with Gasteiger partial charge in [0.15, 0.2) is 6.04 Å². The van der Waals surface area contributed by atoms with Gasteiger partial charge < -0.3 is 14.9 Å². The number of benzene rings is 1. The summed E-state index contributed by atoms with van der Waals surface area (Å²) in [5.74, 6) is -1.07. The molecule has 1 aromatic carbocycles. The van der Waals surface area contributed by atoms with Crippen molar-refractivity contribution in [2.75, 3.05) is 7.11 Å². The number of hydroxylamine groups is 1. The number of aromatic amines is 1. The maximum atomic E-state index is 13.1. The second-order valence-corrected chi connectivity index (χ2v) is 3.52. The Hall–Kier alpha value is -1.92. The largest absolute Gasteiger partial charge is 0.468 e. The summed E-state index contributed by atoms with van der Waals surface area (Å²) in [5.41, 5.74) is 2.95. The third-order valence-corrected chi connectivity index (χ3v) is 2.55. The number of H-pyrrole nitrogens is 1. The molecule has 2 aromatic rings. The van der Waals surface area contributed by atoms with Gasteiger partial charge in [0.2, 0.25) is 0 Å². The summed E-state index contributed by atoms with van der Waals surface area (Å²) in [6.07, 6.45) is 1.52. The van der Waals surface area contributed by atoms with Crippen molar-refractivity contribution in [1.29, 1.82) is 0 Å². The molecule has 0 amide bonds.